The first-order valence-corrected chi connectivity index (χ1v) is 8.06. The molecule has 0 radical (unpaired) electrons. The highest BCUT2D eigenvalue weighted by Gasteiger charge is 2.21. The Kier molecular flexibility index (Phi) is 5.59. The molecule has 1 N–H and O–H groups in total. The number of rotatable bonds is 5. The fourth-order valence-corrected chi connectivity index (χ4v) is 2.81. The van der Waals surface area contributed by atoms with Gasteiger partial charge < -0.3 is 15.0 Å². The monoisotopic (exact) mass is 304 g/mol. The second-order valence-corrected chi connectivity index (χ2v) is 6.93. The number of piperazine rings is 1. The number of ether oxygens (including phenoxy) is 1. The van der Waals surface area contributed by atoms with E-state index in [9.17, 15) is 4.79 Å². The Balaban J connectivity index is 2.06. The van der Waals surface area contributed by atoms with Gasteiger partial charge in [0, 0.05) is 50.3 Å². The van der Waals surface area contributed by atoms with Crippen molar-refractivity contribution in [3.05, 3.63) is 29.3 Å². The van der Waals surface area contributed by atoms with Gasteiger partial charge in [0.1, 0.15) is 5.75 Å². The normalized spacial score (nSPS) is 16.5. The number of Topliss-reactive ketones (excluding diaryl/α,β-unsaturated/α-hetero) is 1. The van der Waals surface area contributed by atoms with Crippen LogP contribution in [0.2, 0.25) is 0 Å². The van der Waals surface area contributed by atoms with Gasteiger partial charge in [-0.15, -0.1) is 0 Å². The summed E-state index contributed by atoms with van der Waals surface area (Å²) in [5.74, 6) is 1.07. The number of hydrogen-bond acceptors (Lipinski definition) is 4. The van der Waals surface area contributed by atoms with E-state index in [0.29, 0.717) is 6.42 Å². The SMILES string of the molecule is COc1ccc(C(=O)CCN2CCNCC2)cc1C(C)(C)C. The molecule has 0 spiro atoms. The summed E-state index contributed by atoms with van der Waals surface area (Å²) in [7, 11) is 1.68. The summed E-state index contributed by atoms with van der Waals surface area (Å²) in [4.78, 5) is 14.8. The van der Waals surface area contributed by atoms with Crippen LogP contribution in [0.4, 0.5) is 0 Å². The molecule has 1 fully saturated rings. The molecule has 1 aliphatic rings. The molecular formula is C18H28N2O2. The molecule has 0 aromatic heterocycles. The van der Waals surface area contributed by atoms with Crippen molar-refractivity contribution in [1.82, 2.24) is 10.2 Å². The van der Waals surface area contributed by atoms with E-state index < -0.39 is 0 Å². The van der Waals surface area contributed by atoms with Crippen molar-refractivity contribution in [3.8, 4) is 5.75 Å². The highest BCUT2D eigenvalue weighted by Crippen LogP contribution is 2.32. The van der Waals surface area contributed by atoms with Gasteiger partial charge in [-0.05, 0) is 23.6 Å². The Morgan fingerprint density at radius 3 is 2.55 bits per heavy atom. The van der Waals surface area contributed by atoms with Crippen LogP contribution in [0.15, 0.2) is 18.2 Å². The van der Waals surface area contributed by atoms with Crippen molar-refractivity contribution in [3.63, 3.8) is 0 Å². The smallest absolute Gasteiger partial charge is 0.164 e. The van der Waals surface area contributed by atoms with Gasteiger partial charge >= 0.3 is 0 Å². The van der Waals surface area contributed by atoms with Crippen LogP contribution in [0, 0.1) is 0 Å². The van der Waals surface area contributed by atoms with Crippen LogP contribution in [0.25, 0.3) is 0 Å². The van der Waals surface area contributed by atoms with Crippen molar-refractivity contribution in [2.75, 3.05) is 39.8 Å². The summed E-state index contributed by atoms with van der Waals surface area (Å²) in [6.07, 6.45) is 0.579. The fraction of sp³-hybridized carbons (Fsp3) is 0.611. The molecule has 0 atom stereocenters. The first kappa shape index (κ1) is 17.0. The Bertz CT molecular complexity index is 514. The van der Waals surface area contributed by atoms with Crippen molar-refractivity contribution in [2.45, 2.75) is 32.6 Å². The Morgan fingerprint density at radius 1 is 1.27 bits per heavy atom. The minimum absolute atomic E-state index is 0.0415. The van der Waals surface area contributed by atoms with Crippen LogP contribution in [0.3, 0.4) is 0 Å². The molecule has 4 nitrogen and oxygen atoms in total. The van der Waals surface area contributed by atoms with Gasteiger partial charge in [0.15, 0.2) is 5.78 Å². The molecule has 0 aliphatic carbocycles. The summed E-state index contributed by atoms with van der Waals surface area (Å²) in [5.41, 5.74) is 1.84. The number of nitrogens with zero attached hydrogens (tertiary/aromatic N) is 1. The predicted molar refractivity (Wildman–Crippen MR) is 90.0 cm³/mol. The molecule has 1 aromatic rings. The first-order valence-electron chi connectivity index (χ1n) is 8.06. The molecule has 0 bridgehead atoms. The van der Waals surface area contributed by atoms with E-state index in [0.717, 1.165) is 49.6 Å². The van der Waals surface area contributed by atoms with E-state index in [1.807, 2.05) is 18.2 Å². The van der Waals surface area contributed by atoms with Gasteiger partial charge in [0.25, 0.3) is 0 Å². The number of carbonyl (C=O) groups excluding carboxylic acids is 1. The van der Waals surface area contributed by atoms with E-state index in [1.54, 1.807) is 7.11 Å². The molecule has 1 aromatic carbocycles. The number of methoxy groups -OCH3 is 1. The fourth-order valence-electron chi connectivity index (χ4n) is 2.81. The highest BCUT2D eigenvalue weighted by atomic mass is 16.5. The maximum absolute atomic E-state index is 12.5. The number of nitrogens with one attached hydrogen (secondary N) is 1. The Hall–Kier alpha value is -1.39. The van der Waals surface area contributed by atoms with Gasteiger partial charge in [0.2, 0.25) is 0 Å². The largest absolute Gasteiger partial charge is 0.496 e. The molecule has 1 aliphatic heterocycles. The molecule has 4 heteroatoms. The minimum Gasteiger partial charge on any atom is -0.496 e. The number of hydrogen-bond donors (Lipinski definition) is 1. The molecule has 0 amide bonds. The van der Waals surface area contributed by atoms with Crippen LogP contribution in [0.1, 0.15) is 43.1 Å². The standard InChI is InChI=1S/C18H28N2O2/c1-18(2,3)15-13-14(5-6-17(15)22-4)16(21)7-10-20-11-8-19-9-12-20/h5-6,13,19H,7-12H2,1-4H3. The molecule has 122 valence electrons. The summed E-state index contributed by atoms with van der Waals surface area (Å²) >= 11 is 0. The van der Waals surface area contributed by atoms with Crippen LogP contribution in [0.5, 0.6) is 5.75 Å². The lowest BCUT2D eigenvalue weighted by Crippen LogP contribution is -2.44. The molecule has 22 heavy (non-hydrogen) atoms. The number of benzene rings is 1. The van der Waals surface area contributed by atoms with E-state index >= 15 is 0 Å². The second-order valence-electron chi connectivity index (χ2n) is 6.93. The van der Waals surface area contributed by atoms with Crippen molar-refractivity contribution < 1.29 is 9.53 Å². The number of ketones is 1. The van der Waals surface area contributed by atoms with Gasteiger partial charge in [-0.25, -0.2) is 0 Å². The highest BCUT2D eigenvalue weighted by molar-refractivity contribution is 5.96. The number of carbonyl (C=O) groups is 1. The zero-order valence-corrected chi connectivity index (χ0v) is 14.2. The average molecular weight is 304 g/mol. The maximum atomic E-state index is 12.5. The van der Waals surface area contributed by atoms with E-state index in [4.69, 9.17) is 4.74 Å². The van der Waals surface area contributed by atoms with Crippen molar-refractivity contribution in [1.29, 1.82) is 0 Å². The lowest BCUT2D eigenvalue weighted by Gasteiger charge is -2.27. The maximum Gasteiger partial charge on any atom is 0.164 e. The zero-order chi connectivity index (χ0) is 16.2. The first-order chi connectivity index (χ1) is 10.4. The topological polar surface area (TPSA) is 41.6 Å². The second kappa shape index (κ2) is 7.25. The molecule has 1 saturated heterocycles. The Morgan fingerprint density at radius 2 is 1.95 bits per heavy atom. The average Bonchev–Trinajstić information content (AvgIpc) is 2.52. The van der Waals surface area contributed by atoms with Crippen LogP contribution >= 0.6 is 0 Å². The van der Waals surface area contributed by atoms with Crippen LogP contribution in [-0.4, -0.2) is 50.5 Å². The van der Waals surface area contributed by atoms with E-state index in [-0.39, 0.29) is 11.2 Å². The molecular weight excluding hydrogens is 276 g/mol. The van der Waals surface area contributed by atoms with E-state index in [1.165, 1.54) is 0 Å². The summed E-state index contributed by atoms with van der Waals surface area (Å²) in [6.45, 7) is 11.4. The van der Waals surface area contributed by atoms with Gasteiger partial charge in [-0.1, -0.05) is 20.8 Å². The summed E-state index contributed by atoms with van der Waals surface area (Å²) < 4.78 is 5.44. The van der Waals surface area contributed by atoms with Crippen LogP contribution < -0.4 is 10.1 Å². The quantitative estimate of drug-likeness (QED) is 0.849. The molecule has 0 saturated carbocycles. The van der Waals surface area contributed by atoms with E-state index in [2.05, 4.69) is 31.0 Å². The predicted octanol–water partition coefficient (Wildman–Crippen LogP) is 2.47. The van der Waals surface area contributed by atoms with Crippen LogP contribution in [-0.2, 0) is 5.41 Å². The molecule has 2 rings (SSSR count). The van der Waals surface area contributed by atoms with Gasteiger partial charge in [0.05, 0.1) is 7.11 Å². The lowest BCUT2D eigenvalue weighted by atomic mass is 9.85. The third-order valence-electron chi connectivity index (χ3n) is 4.19. The lowest BCUT2D eigenvalue weighted by molar-refractivity contribution is 0.0960. The Labute approximate surface area is 133 Å². The summed E-state index contributed by atoms with van der Waals surface area (Å²) in [6, 6.07) is 5.80. The molecule has 0 unspecified atom stereocenters. The molecule has 1 heterocycles. The minimum atomic E-state index is -0.0415. The van der Waals surface area contributed by atoms with Gasteiger partial charge in [-0.3, -0.25) is 4.79 Å². The van der Waals surface area contributed by atoms with Gasteiger partial charge in [-0.2, -0.15) is 0 Å². The third kappa shape index (κ3) is 4.31. The zero-order valence-electron chi connectivity index (χ0n) is 14.2. The van der Waals surface area contributed by atoms with Crippen molar-refractivity contribution in [2.24, 2.45) is 0 Å². The third-order valence-corrected chi connectivity index (χ3v) is 4.19. The van der Waals surface area contributed by atoms with Crippen molar-refractivity contribution >= 4 is 5.78 Å². The summed E-state index contributed by atoms with van der Waals surface area (Å²) in [5, 5.41) is 3.33.